The van der Waals surface area contributed by atoms with Crippen molar-refractivity contribution in [1.82, 2.24) is 9.88 Å². The lowest BCUT2D eigenvalue weighted by atomic mass is 9.83. The molecule has 178 valence electrons. The Labute approximate surface area is 205 Å². The Morgan fingerprint density at radius 3 is 2.56 bits per heavy atom. The van der Waals surface area contributed by atoms with E-state index >= 15 is 0 Å². The van der Waals surface area contributed by atoms with Gasteiger partial charge in [-0.05, 0) is 49.3 Å². The van der Waals surface area contributed by atoms with Gasteiger partial charge in [0.15, 0.2) is 0 Å². The Balaban J connectivity index is 1.43. The second-order valence-corrected chi connectivity index (χ2v) is 10.3. The van der Waals surface area contributed by atoms with Crippen LogP contribution >= 0.6 is 11.6 Å². The average Bonchev–Trinajstić information content (AvgIpc) is 3.17. The van der Waals surface area contributed by atoms with Crippen molar-refractivity contribution >= 4 is 28.3 Å². The summed E-state index contributed by atoms with van der Waals surface area (Å²) in [7, 11) is 0. The molecule has 1 unspecified atom stereocenters. The number of phenols is 2. The fourth-order valence-corrected chi connectivity index (χ4v) is 6.08. The molecule has 5 rings (SSSR count). The first-order valence-electron chi connectivity index (χ1n) is 12.3. The fraction of sp³-hybridized carbons (Fsp3) is 0.429. The standard InChI is InChI=1S/C28H31ClN2O3/c1-17-21(27(33)23-10-6-5-9-22(23)26(17)32)12-11-20(13-18-7-3-2-4-8-18)31-16-19-14-25(29)30-15-24(19)28(31)34/h5-6,9-10,14-15,18,20,32-33H,2-4,7-8,11-13,16H2,1H3. The summed E-state index contributed by atoms with van der Waals surface area (Å²) in [6, 6.07) is 9.24. The van der Waals surface area contributed by atoms with Gasteiger partial charge in [0.2, 0.25) is 0 Å². The molecule has 2 aromatic carbocycles. The molecule has 3 aromatic rings. The van der Waals surface area contributed by atoms with Crippen molar-refractivity contribution in [2.75, 3.05) is 0 Å². The van der Waals surface area contributed by atoms with E-state index in [0.717, 1.165) is 24.0 Å². The van der Waals surface area contributed by atoms with E-state index in [-0.39, 0.29) is 23.4 Å². The van der Waals surface area contributed by atoms with Crippen LogP contribution in [0.5, 0.6) is 11.5 Å². The minimum absolute atomic E-state index is 0.0160. The van der Waals surface area contributed by atoms with Gasteiger partial charge in [-0.1, -0.05) is 68.0 Å². The molecular weight excluding hydrogens is 448 g/mol. The maximum Gasteiger partial charge on any atom is 0.256 e. The van der Waals surface area contributed by atoms with Crippen molar-refractivity contribution in [2.24, 2.45) is 5.92 Å². The first-order valence-corrected chi connectivity index (χ1v) is 12.7. The van der Waals surface area contributed by atoms with Crippen molar-refractivity contribution in [2.45, 2.75) is 70.9 Å². The lowest BCUT2D eigenvalue weighted by Crippen LogP contribution is -2.37. The zero-order valence-electron chi connectivity index (χ0n) is 19.6. The fourth-order valence-electron chi connectivity index (χ4n) is 5.90. The third kappa shape index (κ3) is 4.22. The Hall–Kier alpha value is -2.79. The summed E-state index contributed by atoms with van der Waals surface area (Å²) in [6.07, 6.45) is 10.1. The molecule has 0 bridgehead atoms. The Kier molecular flexibility index (Phi) is 6.39. The van der Waals surface area contributed by atoms with Gasteiger partial charge in [-0.2, -0.15) is 0 Å². The van der Waals surface area contributed by atoms with Crippen molar-refractivity contribution in [1.29, 1.82) is 0 Å². The molecule has 1 amide bonds. The first-order chi connectivity index (χ1) is 16.4. The molecule has 1 fully saturated rings. The summed E-state index contributed by atoms with van der Waals surface area (Å²) in [6.45, 7) is 2.40. The number of rotatable bonds is 6. The number of carbonyl (C=O) groups is 1. The number of benzene rings is 2. The highest BCUT2D eigenvalue weighted by Gasteiger charge is 2.34. The van der Waals surface area contributed by atoms with Crippen molar-refractivity contribution in [3.8, 4) is 11.5 Å². The van der Waals surface area contributed by atoms with Gasteiger partial charge in [0.25, 0.3) is 5.91 Å². The normalized spacial score (nSPS) is 17.4. The van der Waals surface area contributed by atoms with Crippen LogP contribution in [0, 0.1) is 12.8 Å². The molecule has 0 radical (unpaired) electrons. The molecule has 34 heavy (non-hydrogen) atoms. The molecule has 1 aromatic heterocycles. The van der Waals surface area contributed by atoms with Crippen LogP contribution < -0.4 is 0 Å². The first kappa shape index (κ1) is 23.0. The number of amides is 1. The van der Waals surface area contributed by atoms with Crippen LogP contribution in [0.1, 0.15) is 72.0 Å². The Morgan fingerprint density at radius 1 is 1.12 bits per heavy atom. The molecule has 1 aliphatic heterocycles. The highest BCUT2D eigenvalue weighted by atomic mass is 35.5. The van der Waals surface area contributed by atoms with E-state index in [1.807, 2.05) is 36.1 Å². The number of hydrogen-bond acceptors (Lipinski definition) is 4. The minimum atomic E-state index is 0.0160. The highest BCUT2D eigenvalue weighted by molar-refractivity contribution is 6.29. The molecule has 5 nitrogen and oxygen atoms in total. The number of fused-ring (bicyclic) bond motifs is 2. The largest absolute Gasteiger partial charge is 0.507 e. The lowest BCUT2D eigenvalue weighted by molar-refractivity contribution is 0.0654. The quantitative estimate of drug-likeness (QED) is 0.312. The van der Waals surface area contributed by atoms with Gasteiger partial charge < -0.3 is 15.1 Å². The number of carbonyl (C=O) groups excluding carboxylic acids is 1. The average molecular weight is 479 g/mol. The van der Waals surface area contributed by atoms with Crippen LogP contribution in [-0.2, 0) is 13.0 Å². The van der Waals surface area contributed by atoms with E-state index in [0.29, 0.717) is 45.9 Å². The molecule has 1 aliphatic carbocycles. The van der Waals surface area contributed by atoms with Gasteiger partial charge in [0.05, 0.1) is 5.56 Å². The third-order valence-electron chi connectivity index (χ3n) is 7.82. The molecule has 2 heterocycles. The zero-order chi connectivity index (χ0) is 23.8. The number of phenolic OH excluding ortho intramolecular Hbond substituents is 2. The number of nitrogens with zero attached hydrogens (tertiary/aromatic N) is 2. The van der Waals surface area contributed by atoms with Gasteiger partial charge >= 0.3 is 0 Å². The maximum atomic E-state index is 13.3. The van der Waals surface area contributed by atoms with Crippen molar-refractivity contribution in [3.63, 3.8) is 0 Å². The van der Waals surface area contributed by atoms with Crippen LogP contribution in [0.3, 0.4) is 0 Å². The Morgan fingerprint density at radius 2 is 1.82 bits per heavy atom. The predicted octanol–water partition coefficient (Wildman–Crippen LogP) is 6.54. The van der Waals surface area contributed by atoms with E-state index in [4.69, 9.17) is 11.6 Å². The number of aromatic hydroxyl groups is 2. The lowest BCUT2D eigenvalue weighted by Gasteiger charge is -2.33. The van der Waals surface area contributed by atoms with E-state index in [2.05, 4.69) is 4.98 Å². The van der Waals surface area contributed by atoms with Gasteiger partial charge in [-0.25, -0.2) is 4.98 Å². The zero-order valence-corrected chi connectivity index (χ0v) is 20.3. The number of aromatic nitrogens is 1. The van der Waals surface area contributed by atoms with E-state index in [1.54, 1.807) is 12.3 Å². The van der Waals surface area contributed by atoms with Crippen LogP contribution in [0.4, 0.5) is 0 Å². The summed E-state index contributed by atoms with van der Waals surface area (Å²) >= 11 is 6.10. The second-order valence-electron chi connectivity index (χ2n) is 9.88. The van der Waals surface area contributed by atoms with Crippen LogP contribution in [-0.4, -0.2) is 32.0 Å². The summed E-state index contributed by atoms with van der Waals surface area (Å²) < 4.78 is 0. The van der Waals surface area contributed by atoms with E-state index in [1.165, 1.54) is 32.1 Å². The molecule has 2 aliphatic rings. The number of hydrogen-bond donors (Lipinski definition) is 2. The number of pyridine rings is 1. The van der Waals surface area contributed by atoms with Crippen LogP contribution in [0.15, 0.2) is 36.5 Å². The predicted molar refractivity (Wildman–Crippen MR) is 134 cm³/mol. The minimum Gasteiger partial charge on any atom is -0.507 e. The van der Waals surface area contributed by atoms with Crippen molar-refractivity contribution < 1.29 is 15.0 Å². The summed E-state index contributed by atoms with van der Waals surface area (Å²) in [5.74, 6) is 1.07. The molecule has 6 heteroatoms. The molecule has 1 atom stereocenters. The number of halogens is 1. The topological polar surface area (TPSA) is 73.7 Å². The van der Waals surface area contributed by atoms with Gasteiger partial charge in [0.1, 0.15) is 16.7 Å². The van der Waals surface area contributed by atoms with Crippen LogP contribution in [0.2, 0.25) is 5.15 Å². The Bertz CT molecular complexity index is 1240. The molecule has 0 saturated heterocycles. The highest BCUT2D eigenvalue weighted by Crippen LogP contribution is 2.41. The van der Waals surface area contributed by atoms with E-state index in [9.17, 15) is 15.0 Å². The summed E-state index contributed by atoms with van der Waals surface area (Å²) in [5, 5.41) is 23.6. The van der Waals surface area contributed by atoms with Crippen molar-refractivity contribution in [3.05, 3.63) is 63.9 Å². The summed E-state index contributed by atoms with van der Waals surface area (Å²) in [4.78, 5) is 19.4. The van der Waals surface area contributed by atoms with Gasteiger partial charge in [0, 0.05) is 35.1 Å². The molecule has 1 saturated carbocycles. The maximum absolute atomic E-state index is 13.3. The smallest absolute Gasteiger partial charge is 0.256 e. The monoisotopic (exact) mass is 478 g/mol. The van der Waals surface area contributed by atoms with Gasteiger partial charge in [-0.15, -0.1) is 0 Å². The van der Waals surface area contributed by atoms with Gasteiger partial charge in [-0.3, -0.25) is 4.79 Å². The SMILES string of the molecule is Cc1c(CCC(CC2CCCCC2)N2Cc3cc(Cl)ncc3C2=O)c(O)c2ccccc2c1O. The molecule has 2 N–H and O–H groups in total. The second kappa shape index (κ2) is 9.46. The summed E-state index contributed by atoms with van der Waals surface area (Å²) in [5.41, 5.74) is 3.04. The molecule has 0 spiro atoms. The third-order valence-corrected chi connectivity index (χ3v) is 8.02. The van der Waals surface area contributed by atoms with E-state index < -0.39 is 0 Å². The van der Waals surface area contributed by atoms with Crippen LogP contribution in [0.25, 0.3) is 10.8 Å². The molecular formula is C28H31ClN2O3.